The predicted octanol–water partition coefficient (Wildman–Crippen LogP) is 4.19. The van der Waals surface area contributed by atoms with Gasteiger partial charge in [-0.05, 0) is 18.2 Å². The highest BCUT2D eigenvalue weighted by Gasteiger charge is 2.38. The molecule has 9 heteroatoms. The summed E-state index contributed by atoms with van der Waals surface area (Å²) < 4.78 is 38.8. The molecule has 0 bridgehead atoms. The third-order valence-corrected chi connectivity index (χ3v) is 5.05. The standard InChI is InChI=1S/C19H9F3N2O3S/c20-19(21,22)17-16(28-8-23-17)18(27)24-9-5-6-12-13(7-9)15(26)11-4-2-1-3-10(11)14(12)25/h1-8H,(H,24,27). The van der Waals surface area contributed by atoms with Gasteiger partial charge in [0.2, 0.25) is 0 Å². The van der Waals surface area contributed by atoms with Crippen molar-refractivity contribution in [3.05, 3.63) is 80.8 Å². The van der Waals surface area contributed by atoms with Crippen molar-refractivity contribution in [1.82, 2.24) is 4.98 Å². The van der Waals surface area contributed by atoms with Crippen molar-refractivity contribution in [3.63, 3.8) is 0 Å². The van der Waals surface area contributed by atoms with E-state index in [0.29, 0.717) is 11.3 Å². The third-order valence-electron chi connectivity index (χ3n) is 4.23. The van der Waals surface area contributed by atoms with Gasteiger partial charge in [-0.1, -0.05) is 24.3 Å². The zero-order valence-electron chi connectivity index (χ0n) is 13.8. The quantitative estimate of drug-likeness (QED) is 0.546. The molecule has 4 rings (SSSR count). The fourth-order valence-electron chi connectivity index (χ4n) is 2.97. The van der Waals surface area contributed by atoms with E-state index in [1.165, 1.54) is 24.3 Å². The van der Waals surface area contributed by atoms with Gasteiger partial charge in [-0.15, -0.1) is 11.3 Å². The fraction of sp³-hybridized carbons (Fsp3) is 0.0526. The van der Waals surface area contributed by atoms with Gasteiger partial charge in [-0.2, -0.15) is 13.2 Å². The number of benzene rings is 2. The number of amides is 1. The van der Waals surface area contributed by atoms with Gasteiger partial charge in [-0.25, -0.2) is 4.98 Å². The van der Waals surface area contributed by atoms with Gasteiger partial charge in [-0.3, -0.25) is 14.4 Å². The normalized spacial score (nSPS) is 13.1. The van der Waals surface area contributed by atoms with Gasteiger partial charge < -0.3 is 5.32 Å². The highest BCUT2D eigenvalue weighted by atomic mass is 32.1. The molecule has 0 spiro atoms. The summed E-state index contributed by atoms with van der Waals surface area (Å²) in [5.74, 6) is -1.72. The number of hydrogen-bond acceptors (Lipinski definition) is 5. The lowest BCUT2D eigenvalue weighted by molar-refractivity contribution is -0.141. The number of alkyl halides is 3. The van der Waals surface area contributed by atoms with Crippen LogP contribution < -0.4 is 5.32 Å². The maximum absolute atomic E-state index is 12.9. The Bertz CT molecular complexity index is 1150. The number of anilines is 1. The molecule has 28 heavy (non-hydrogen) atoms. The van der Waals surface area contributed by atoms with Gasteiger partial charge in [0.1, 0.15) is 4.88 Å². The summed E-state index contributed by atoms with van der Waals surface area (Å²) in [6.45, 7) is 0. The number of hydrogen-bond donors (Lipinski definition) is 1. The van der Waals surface area contributed by atoms with E-state index in [4.69, 9.17) is 0 Å². The van der Waals surface area contributed by atoms with E-state index in [-0.39, 0.29) is 33.7 Å². The largest absolute Gasteiger partial charge is 0.434 e. The van der Waals surface area contributed by atoms with Crippen LogP contribution in [0.4, 0.5) is 18.9 Å². The Hall–Kier alpha value is -3.33. The topological polar surface area (TPSA) is 76.1 Å². The van der Waals surface area contributed by atoms with E-state index in [9.17, 15) is 27.6 Å². The lowest BCUT2D eigenvalue weighted by Gasteiger charge is -2.18. The lowest BCUT2D eigenvalue weighted by Crippen LogP contribution is -2.22. The second-order valence-electron chi connectivity index (χ2n) is 5.95. The summed E-state index contributed by atoms with van der Waals surface area (Å²) in [6.07, 6.45) is -4.76. The maximum atomic E-state index is 12.9. The minimum Gasteiger partial charge on any atom is -0.321 e. The van der Waals surface area contributed by atoms with Gasteiger partial charge in [0, 0.05) is 27.9 Å². The molecule has 140 valence electrons. The minimum atomic E-state index is -4.76. The maximum Gasteiger partial charge on any atom is 0.434 e. The number of thiazole rings is 1. The smallest absolute Gasteiger partial charge is 0.321 e. The van der Waals surface area contributed by atoms with Gasteiger partial charge in [0.05, 0.1) is 5.51 Å². The molecule has 1 N–H and O–H groups in total. The average Bonchev–Trinajstić information content (AvgIpc) is 3.17. The van der Waals surface area contributed by atoms with Crippen molar-refractivity contribution >= 4 is 34.5 Å². The van der Waals surface area contributed by atoms with Gasteiger partial charge in [0.25, 0.3) is 5.91 Å². The van der Waals surface area contributed by atoms with Crippen LogP contribution in [0.3, 0.4) is 0 Å². The molecular formula is C19H9F3N2O3S. The Morgan fingerprint density at radius 2 is 1.54 bits per heavy atom. The van der Waals surface area contributed by atoms with Crippen molar-refractivity contribution in [2.45, 2.75) is 6.18 Å². The Morgan fingerprint density at radius 3 is 2.18 bits per heavy atom. The number of halogens is 3. The Labute approximate surface area is 159 Å². The number of carbonyl (C=O) groups excluding carboxylic acids is 3. The van der Waals surface area contributed by atoms with E-state index >= 15 is 0 Å². The summed E-state index contributed by atoms with van der Waals surface area (Å²) in [5.41, 5.74) is 0.557. The molecule has 0 unspecified atom stereocenters. The molecule has 1 amide bonds. The van der Waals surface area contributed by atoms with Crippen molar-refractivity contribution in [2.24, 2.45) is 0 Å². The molecular weight excluding hydrogens is 393 g/mol. The molecule has 0 saturated carbocycles. The zero-order valence-corrected chi connectivity index (χ0v) is 14.6. The third kappa shape index (κ3) is 2.89. The number of aromatic nitrogens is 1. The number of nitrogens with one attached hydrogen (secondary N) is 1. The highest BCUT2D eigenvalue weighted by Crippen LogP contribution is 2.33. The van der Waals surface area contributed by atoms with E-state index in [0.717, 1.165) is 5.51 Å². The molecule has 1 aromatic heterocycles. The first-order chi connectivity index (χ1) is 13.3. The molecule has 3 aromatic rings. The molecule has 0 aliphatic heterocycles. The first kappa shape index (κ1) is 18.1. The zero-order chi connectivity index (χ0) is 20.1. The molecule has 0 fully saturated rings. The first-order valence-corrected chi connectivity index (χ1v) is 8.80. The van der Waals surface area contributed by atoms with Crippen LogP contribution in [0.1, 0.15) is 47.2 Å². The number of nitrogens with zero attached hydrogens (tertiary/aromatic N) is 1. The number of ketones is 2. The lowest BCUT2D eigenvalue weighted by atomic mass is 9.84. The predicted molar refractivity (Wildman–Crippen MR) is 94.8 cm³/mol. The van der Waals surface area contributed by atoms with Crippen molar-refractivity contribution < 1.29 is 27.6 Å². The Morgan fingerprint density at radius 1 is 0.929 bits per heavy atom. The first-order valence-electron chi connectivity index (χ1n) is 7.92. The van der Waals surface area contributed by atoms with Crippen LogP contribution in [-0.4, -0.2) is 22.5 Å². The van der Waals surface area contributed by atoms with Crippen LogP contribution in [0.25, 0.3) is 0 Å². The van der Waals surface area contributed by atoms with E-state index in [2.05, 4.69) is 10.3 Å². The van der Waals surface area contributed by atoms with Crippen molar-refractivity contribution in [2.75, 3.05) is 5.32 Å². The van der Waals surface area contributed by atoms with Gasteiger partial charge >= 0.3 is 6.18 Å². The molecule has 0 radical (unpaired) electrons. The molecule has 1 aliphatic carbocycles. The molecule has 1 aliphatic rings. The number of fused-ring (bicyclic) bond motifs is 2. The fourth-order valence-corrected chi connectivity index (χ4v) is 3.68. The number of carbonyl (C=O) groups is 3. The molecule has 5 nitrogen and oxygen atoms in total. The SMILES string of the molecule is O=C1c2ccccc2C(=O)c2cc(NC(=O)c3scnc3C(F)(F)F)ccc21. The Kier molecular flexibility index (Phi) is 4.11. The van der Waals surface area contributed by atoms with Gasteiger partial charge in [0.15, 0.2) is 17.3 Å². The van der Waals surface area contributed by atoms with Crippen LogP contribution in [0.5, 0.6) is 0 Å². The summed E-state index contributed by atoms with van der Waals surface area (Å²) >= 11 is 0.560. The van der Waals surface area contributed by atoms with Crippen molar-refractivity contribution in [3.8, 4) is 0 Å². The minimum absolute atomic E-state index is 0.0850. The molecule has 0 saturated heterocycles. The molecule has 1 heterocycles. The van der Waals surface area contributed by atoms with Crippen LogP contribution in [0.15, 0.2) is 48.0 Å². The summed E-state index contributed by atoms with van der Waals surface area (Å²) in [6, 6.07) is 10.4. The molecule has 2 aromatic carbocycles. The van der Waals surface area contributed by atoms with E-state index in [1.807, 2.05) is 0 Å². The van der Waals surface area contributed by atoms with Crippen LogP contribution in [-0.2, 0) is 6.18 Å². The Balaban J connectivity index is 1.67. The summed E-state index contributed by atoms with van der Waals surface area (Å²) in [4.78, 5) is 40.1. The van der Waals surface area contributed by atoms with Crippen LogP contribution >= 0.6 is 11.3 Å². The highest BCUT2D eigenvalue weighted by molar-refractivity contribution is 7.12. The summed E-state index contributed by atoms with van der Waals surface area (Å²) in [7, 11) is 0. The van der Waals surface area contributed by atoms with E-state index in [1.54, 1.807) is 18.2 Å². The van der Waals surface area contributed by atoms with Crippen LogP contribution in [0.2, 0.25) is 0 Å². The number of rotatable bonds is 2. The monoisotopic (exact) mass is 402 g/mol. The average molecular weight is 402 g/mol. The summed E-state index contributed by atoms with van der Waals surface area (Å²) in [5, 5.41) is 2.33. The van der Waals surface area contributed by atoms with Crippen molar-refractivity contribution in [1.29, 1.82) is 0 Å². The van der Waals surface area contributed by atoms with E-state index < -0.39 is 28.4 Å². The van der Waals surface area contributed by atoms with Crippen LogP contribution in [0, 0.1) is 0 Å². The second-order valence-corrected chi connectivity index (χ2v) is 6.80. The second kappa shape index (κ2) is 6.38. The molecule has 0 atom stereocenters.